The normalized spacial score (nSPS) is 12.0. The fourth-order valence-corrected chi connectivity index (χ4v) is 5.98. The van der Waals surface area contributed by atoms with Gasteiger partial charge in [-0.25, -0.2) is 0 Å². The quantitative estimate of drug-likeness (QED) is 0.173. The SMILES string of the molecule is CO[Si](OC)(OC)c1ccc(CNCc2ccc(/C=C/c3ccc(/C=C/c4ccccc4)cc3)cc2)cc1. The van der Waals surface area contributed by atoms with E-state index in [1.54, 1.807) is 21.3 Å². The van der Waals surface area contributed by atoms with Crippen molar-refractivity contribution in [3.05, 3.63) is 137 Å². The lowest BCUT2D eigenvalue weighted by atomic mass is 10.1. The van der Waals surface area contributed by atoms with E-state index in [0.29, 0.717) is 0 Å². The molecule has 0 heterocycles. The van der Waals surface area contributed by atoms with Crippen LogP contribution < -0.4 is 10.5 Å². The van der Waals surface area contributed by atoms with Gasteiger partial charge in [0.05, 0.1) is 0 Å². The van der Waals surface area contributed by atoms with Gasteiger partial charge in [-0.15, -0.1) is 0 Å². The van der Waals surface area contributed by atoms with Gasteiger partial charge in [-0.1, -0.05) is 127 Å². The molecule has 4 nitrogen and oxygen atoms in total. The predicted molar refractivity (Wildman–Crippen MR) is 161 cm³/mol. The zero-order chi connectivity index (χ0) is 26.6. The Kier molecular flexibility index (Phi) is 9.98. The molecule has 0 atom stereocenters. The molecule has 1 N–H and O–H groups in total. The molecule has 5 heteroatoms. The lowest BCUT2D eigenvalue weighted by Crippen LogP contribution is -2.54. The van der Waals surface area contributed by atoms with Crippen LogP contribution >= 0.6 is 0 Å². The second-order valence-electron chi connectivity index (χ2n) is 8.95. The van der Waals surface area contributed by atoms with E-state index in [9.17, 15) is 0 Å². The highest BCUT2D eigenvalue weighted by Gasteiger charge is 2.40. The van der Waals surface area contributed by atoms with Gasteiger partial charge < -0.3 is 18.6 Å². The van der Waals surface area contributed by atoms with Crippen LogP contribution in [0, 0.1) is 0 Å². The lowest BCUT2D eigenvalue weighted by Gasteiger charge is -2.24. The van der Waals surface area contributed by atoms with E-state index in [1.807, 2.05) is 18.2 Å². The Balaban J connectivity index is 1.25. The first-order chi connectivity index (χ1) is 18.6. The van der Waals surface area contributed by atoms with Crippen molar-refractivity contribution in [3.8, 4) is 0 Å². The zero-order valence-corrected chi connectivity index (χ0v) is 23.3. The third kappa shape index (κ3) is 7.48. The van der Waals surface area contributed by atoms with Crippen molar-refractivity contribution in [1.82, 2.24) is 5.32 Å². The first-order valence-electron chi connectivity index (χ1n) is 12.7. The van der Waals surface area contributed by atoms with Crippen LogP contribution in [0.4, 0.5) is 0 Å². The van der Waals surface area contributed by atoms with Crippen molar-refractivity contribution in [1.29, 1.82) is 0 Å². The summed E-state index contributed by atoms with van der Waals surface area (Å²) < 4.78 is 16.7. The Bertz CT molecular complexity index is 1300. The Morgan fingerprint density at radius 3 is 1.29 bits per heavy atom. The van der Waals surface area contributed by atoms with Gasteiger partial charge >= 0.3 is 8.80 Å². The maximum absolute atomic E-state index is 5.55. The Morgan fingerprint density at radius 1 is 0.500 bits per heavy atom. The third-order valence-corrected chi connectivity index (χ3v) is 9.08. The van der Waals surface area contributed by atoms with Crippen LogP contribution in [0.2, 0.25) is 0 Å². The summed E-state index contributed by atoms with van der Waals surface area (Å²) in [5.74, 6) is 0. The van der Waals surface area contributed by atoms with Gasteiger partial charge in [0.1, 0.15) is 0 Å². The van der Waals surface area contributed by atoms with Gasteiger partial charge in [-0.2, -0.15) is 0 Å². The fourth-order valence-electron chi connectivity index (χ4n) is 4.20. The van der Waals surface area contributed by atoms with Crippen LogP contribution in [0.5, 0.6) is 0 Å². The van der Waals surface area contributed by atoms with Gasteiger partial charge in [0.2, 0.25) is 0 Å². The predicted octanol–water partition coefficient (Wildman–Crippen LogP) is 6.40. The minimum Gasteiger partial charge on any atom is -0.373 e. The molecular formula is C33H35NO3Si. The molecule has 0 aliphatic heterocycles. The summed E-state index contributed by atoms with van der Waals surface area (Å²) in [4.78, 5) is 0. The molecular weight excluding hydrogens is 486 g/mol. The summed E-state index contributed by atoms with van der Waals surface area (Å²) in [6.45, 7) is 1.58. The summed E-state index contributed by atoms with van der Waals surface area (Å²) in [5.41, 5.74) is 7.20. The van der Waals surface area contributed by atoms with Crippen molar-refractivity contribution >= 4 is 38.3 Å². The maximum atomic E-state index is 5.55. The number of nitrogens with one attached hydrogen (secondary N) is 1. The van der Waals surface area contributed by atoms with Gasteiger partial charge in [0.15, 0.2) is 0 Å². The first-order valence-corrected chi connectivity index (χ1v) is 14.4. The summed E-state index contributed by atoms with van der Waals surface area (Å²) in [5, 5.41) is 4.47. The van der Waals surface area contributed by atoms with Crippen molar-refractivity contribution in [2.75, 3.05) is 21.3 Å². The molecule has 0 amide bonds. The number of benzene rings is 4. The minimum atomic E-state index is -2.78. The minimum absolute atomic E-state index is 0.778. The molecule has 4 aromatic rings. The molecule has 0 aromatic heterocycles. The molecule has 0 radical (unpaired) electrons. The van der Waals surface area contributed by atoms with E-state index in [-0.39, 0.29) is 0 Å². The van der Waals surface area contributed by atoms with Crippen LogP contribution in [-0.4, -0.2) is 30.1 Å². The smallest absolute Gasteiger partial charge is 0.373 e. The Labute approximate surface area is 227 Å². The first kappa shape index (κ1) is 27.5. The van der Waals surface area contributed by atoms with Crippen LogP contribution in [0.15, 0.2) is 103 Å². The van der Waals surface area contributed by atoms with Crippen LogP contribution in [0.25, 0.3) is 24.3 Å². The summed E-state index contributed by atoms with van der Waals surface area (Å²) in [7, 11) is 2.09. The molecule has 0 unspecified atom stereocenters. The molecule has 0 aliphatic rings. The number of rotatable bonds is 12. The average molecular weight is 522 g/mol. The molecule has 4 aromatic carbocycles. The molecule has 0 aliphatic carbocycles. The zero-order valence-electron chi connectivity index (χ0n) is 22.3. The molecule has 194 valence electrons. The molecule has 0 bridgehead atoms. The van der Waals surface area contributed by atoms with Gasteiger partial charge in [-0.3, -0.25) is 0 Å². The molecule has 0 fully saturated rings. The standard InChI is InChI=1S/C33H35NO3Si/c1-35-38(36-2,37-3)33-23-21-32(22-24-33)26-34-25-31-19-17-30(18-20-31)16-15-29-13-11-28(12-14-29)10-9-27-7-5-4-6-8-27/h4-24,34H,25-26H2,1-3H3/b10-9+,16-15+. The largest absolute Gasteiger partial charge is 0.536 e. The van der Waals surface area contributed by atoms with E-state index in [4.69, 9.17) is 13.3 Å². The highest BCUT2D eigenvalue weighted by atomic mass is 28.4. The van der Waals surface area contributed by atoms with Gasteiger partial charge in [0.25, 0.3) is 0 Å². The van der Waals surface area contributed by atoms with E-state index in [2.05, 4.69) is 115 Å². The van der Waals surface area contributed by atoms with Gasteiger partial charge in [0, 0.05) is 39.6 Å². The highest BCUT2D eigenvalue weighted by molar-refractivity contribution is 6.75. The summed E-state index contributed by atoms with van der Waals surface area (Å²) in [6.07, 6.45) is 8.57. The molecule has 38 heavy (non-hydrogen) atoms. The van der Waals surface area contributed by atoms with Crippen LogP contribution in [0.3, 0.4) is 0 Å². The summed E-state index contributed by atoms with van der Waals surface area (Å²) >= 11 is 0. The molecule has 0 spiro atoms. The molecule has 0 saturated carbocycles. The van der Waals surface area contributed by atoms with Crippen molar-refractivity contribution in [2.24, 2.45) is 0 Å². The lowest BCUT2D eigenvalue weighted by molar-refractivity contribution is 0.140. The van der Waals surface area contributed by atoms with E-state index in [0.717, 1.165) is 18.3 Å². The van der Waals surface area contributed by atoms with E-state index >= 15 is 0 Å². The summed E-state index contributed by atoms with van der Waals surface area (Å²) in [6, 6.07) is 35.8. The average Bonchev–Trinajstić information content (AvgIpc) is 2.99. The highest BCUT2D eigenvalue weighted by Crippen LogP contribution is 2.14. The second-order valence-corrected chi connectivity index (χ2v) is 11.9. The fraction of sp³-hybridized carbons (Fsp3) is 0.152. The number of hydrogen-bond acceptors (Lipinski definition) is 4. The monoisotopic (exact) mass is 521 g/mol. The van der Waals surface area contributed by atoms with E-state index in [1.165, 1.54) is 33.4 Å². The molecule has 4 rings (SSSR count). The number of hydrogen-bond donors (Lipinski definition) is 1. The maximum Gasteiger partial charge on any atom is 0.536 e. The van der Waals surface area contributed by atoms with Crippen molar-refractivity contribution in [2.45, 2.75) is 13.1 Å². The van der Waals surface area contributed by atoms with Crippen molar-refractivity contribution < 1.29 is 13.3 Å². The van der Waals surface area contributed by atoms with Gasteiger partial charge in [-0.05, 0) is 33.4 Å². The van der Waals surface area contributed by atoms with Crippen LogP contribution in [0.1, 0.15) is 33.4 Å². The van der Waals surface area contributed by atoms with Crippen LogP contribution in [-0.2, 0) is 26.4 Å². The molecule has 0 saturated heterocycles. The topological polar surface area (TPSA) is 39.7 Å². The Morgan fingerprint density at radius 2 is 0.868 bits per heavy atom. The van der Waals surface area contributed by atoms with Crippen molar-refractivity contribution in [3.63, 3.8) is 0 Å². The third-order valence-electron chi connectivity index (χ3n) is 6.42. The second kappa shape index (κ2) is 13.8. The Hall–Kier alpha value is -3.58. The van der Waals surface area contributed by atoms with E-state index < -0.39 is 8.80 Å².